The van der Waals surface area contributed by atoms with E-state index in [2.05, 4.69) is 30.9 Å². The molecule has 2 aliphatic rings. The largest absolute Gasteiger partial charge is 0.367 e. The Hall–Kier alpha value is -1.56. The molecule has 0 bridgehead atoms. The van der Waals surface area contributed by atoms with Crippen LogP contribution < -0.4 is 4.90 Å². The number of hydrogen-bond donors (Lipinski definition) is 0. The Morgan fingerprint density at radius 2 is 1.79 bits per heavy atom. The molecule has 24 heavy (non-hydrogen) atoms. The third kappa shape index (κ3) is 3.58. The lowest BCUT2D eigenvalue weighted by Gasteiger charge is -2.43. The first kappa shape index (κ1) is 17.3. The van der Waals surface area contributed by atoms with Crippen molar-refractivity contribution in [3.8, 4) is 0 Å². The molecule has 6 heteroatoms. The van der Waals surface area contributed by atoms with Gasteiger partial charge in [0.2, 0.25) is 5.91 Å². The Morgan fingerprint density at radius 3 is 2.42 bits per heavy atom. The highest BCUT2D eigenvalue weighted by atomic mass is 32.2. The molecule has 132 valence electrons. The molecule has 0 aromatic heterocycles. The van der Waals surface area contributed by atoms with Gasteiger partial charge < -0.3 is 9.80 Å². The maximum absolute atomic E-state index is 12.8. The van der Waals surface area contributed by atoms with E-state index in [-0.39, 0.29) is 29.4 Å². The number of nitrogens with zero attached hydrogens (tertiary/aromatic N) is 2. The smallest absolute Gasteiger partial charge is 0.226 e. The molecule has 3 rings (SSSR count). The van der Waals surface area contributed by atoms with Gasteiger partial charge in [-0.05, 0) is 38.3 Å². The SMILES string of the molecule is Cc1ccccc1N1CCN(C(=O)C2CCS(=O)(=O)CC2)C(C)C1. The lowest BCUT2D eigenvalue weighted by molar-refractivity contribution is -0.138. The molecular weight excluding hydrogens is 324 g/mol. The first-order valence-electron chi connectivity index (χ1n) is 8.69. The molecule has 5 nitrogen and oxygen atoms in total. The van der Waals surface area contributed by atoms with Crippen LogP contribution in [0.3, 0.4) is 0 Å². The number of amides is 1. The van der Waals surface area contributed by atoms with Gasteiger partial charge in [-0.25, -0.2) is 8.42 Å². The van der Waals surface area contributed by atoms with Gasteiger partial charge >= 0.3 is 0 Å². The molecule has 1 aromatic carbocycles. The Balaban J connectivity index is 1.64. The van der Waals surface area contributed by atoms with Gasteiger partial charge in [-0.15, -0.1) is 0 Å². The Bertz CT molecular complexity index is 703. The van der Waals surface area contributed by atoms with E-state index < -0.39 is 9.84 Å². The molecule has 2 saturated heterocycles. The van der Waals surface area contributed by atoms with Gasteiger partial charge in [-0.2, -0.15) is 0 Å². The van der Waals surface area contributed by atoms with Crippen LogP contribution in [-0.4, -0.2) is 56.4 Å². The Kier molecular flexibility index (Phi) is 4.85. The second-order valence-electron chi connectivity index (χ2n) is 7.04. The number of anilines is 1. The average molecular weight is 350 g/mol. The van der Waals surface area contributed by atoms with Crippen LogP contribution in [-0.2, 0) is 14.6 Å². The number of carbonyl (C=O) groups excluding carboxylic acids is 1. The zero-order chi connectivity index (χ0) is 17.3. The van der Waals surface area contributed by atoms with Crippen LogP contribution in [0.2, 0.25) is 0 Å². The van der Waals surface area contributed by atoms with Crippen LogP contribution in [0.15, 0.2) is 24.3 Å². The summed E-state index contributed by atoms with van der Waals surface area (Å²) in [6, 6.07) is 8.47. The maximum atomic E-state index is 12.8. The predicted molar refractivity (Wildman–Crippen MR) is 95.9 cm³/mol. The van der Waals surface area contributed by atoms with Crippen molar-refractivity contribution in [1.82, 2.24) is 4.90 Å². The third-order valence-corrected chi connectivity index (χ3v) is 6.99. The minimum atomic E-state index is -2.92. The highest BCUT2D eigenvalue weighted by Gasteiger charge is 2.35. The fraction of sp³-hybridized carbons (Fsp3) is 0.611. The summed E-state index contributed by atoms with van der Waals surface area (Å²) >= 11 is 0. The minimum absolute atomic E-state index is 0.124. The summed E-state index contributed by atoms with van der Waals surface area (Å²) in [5.41, 5.74) is 2.49. The van der Waals surface area contributed by atoms with E-state index in [9.17, 15) is 13.2 Å². The van der Waals surface area contributed by atoms with Gasteiger partial charge in [0.1, 0.15) is 9.84 Å². The second kappa shape index (κ2) is 6.75. The molecule has 1 amide bonds. The van der Waals surface area contributed by atoms with Crippen molar-refractivity contribution in [3.05, 3.63) is 29.8 Å². The molecule has 0 saturated carbocycles. The number of carbonyl (C=O) groups is 1. The van der Waals surface area contributed by atoms with E-state index in [1.54, 1.807) is 0 Å². The first-order chi connectivity index (χ1) is 11.4. The molecule has 2 fully saturated rings. The van der Waals surface area contributed by atoms with E-state index >= 15 is 0 Å². The van der Waals surface area contributed by atoms with Crippen molar-refractivity contribution in [2.45, 2.75) is 32.7 Å². The zero-order valence-corrected chi connectivity index (χ0v) is 15.3. The summed E-state index contributed by atoms with van der Waals surface area (Å²) in [5, 5.41) is 0. The molecule has 1 unspecified atom stereocenters. The monoisotopic (exact) mass is 350 g/mol. The van der Waals surface area contributed by atoms with E-state index in [1.807, 2.05) is 17.0 Å². The molecule has 0 radical (unpaired) electrons. The fourth-order valence-electron chi connectivity index (χ4n) is 3.79. The van der Waals surface area contributed by atoms with E-state index in [1.165, 1.54) is 11.3 Å². The number of hydrogen-bond acceptors (Lipinski definition) is 4. The van der Waals surface area contributed by atoms with Crippen LogP contribution >= 0.6 is 0 Å². The van der Waals surface area contributed by atoms with Crippen molar-refractivity contribution in [2.75, 3.05) is 36.0 Å². The summed E-state index contributed by atoms with van der Waals surface area (Å²) in [6.45, 7) is 6.55. The number of aryl methyl sites for hydroxylation is 1. The number of sulfone groups is 1. The quantitative estimate of drug-likeness (QED) is 0.817. The summed E-state index contributed by atoms with van der Waals surface area (Å²) in [7, 11) is -2.92. The molecule has 2 aliphatic heterocycles. The normalized spacial score (nSPS) is 24.8. The standard InChI is InChI=1S/C18H26N2O3S/c1-14-5-3-4-6-17(14)19-9-10-20(15(2)13-19)18(21)16-7-11-24(22,23)12-8-16/h3-6,15-16H,7-13H2,1-2H3. The highest BCUT2D eigenvalue weighted by molar-refractivity contribution is 7.91. The van der Waals surface area contributed by atoms with Crippen LogP contribution in [0.5, 0.6) is 0 Å². The van der Waals surface area contributed by atoms with Crippen molar-refractivity contribution in [2.24, 2.45) is 5.92 Å². The fourth-order valence-corrected chi connectivity index (χ4v) is 5.28. The maximum Gasteiger partial charge on any atom is 0.226 e. The van der Waals surface area contributed by atoms with Gasteiger partial charge in [0, 0.05) is 37.3 Å². The van der Waals surface area contributed by atoms with Crippen molar-refractivity contribution in [1.29, 1.82) is 0 Å². The first-order valence-corrected chi connectivity index (χ1v) is 10.5. The molecule has 1 atom stereocenters. The average Bonchev–Trinajstić information content (AvgIpc) is 2.54. The minimum Gasteiger partial charge on any atom is -0.367 e. The van der Waals surface area contributed by atoms with Gasteiger partial charge in [-0.1, -0.05) is 18.2 Å². The van der Waals surface area contributed by atoms with Crippen molar-refractivity contribution >= 4 is 21.4 Å². The molecule has 0 aliphatic carbocycles. The topological polar surface area (TPSA) is 57.7 Å². The molecule has 2 heterocycles. The van der Waals surface area contributed by atoms with Crippen LogP contribution in [0.25, 0.3) is 0 Å². The van der Waals surface area contributed by atoms with Crippen molar-refractivity contribution in [3.63, 3.8) is 0 Å². The summed E-state index contributed by atoms with van der Waals surface area (Å²) in [5.74, 6) is 0.324. The summed E-state index contributed by atoms with van der Waals surface area (Å²) < 4.78 is 23.1. The number of piperazine rings is 1. The molecular formula is C18H26N2O3S. The third-order valence-electron chi connectivity index (χ3n) is 5.27. The van der Waals surface area contributed by atoms with E-state index in [0.29, 0.717) is 19.4 Å². The van der Waals surface area contributed by atoms with Gasteiger partial charge in [0.25, 0.3) is 0 Å². The van der Waals surface area contributed by atoms with Gasteiger partial charge in [0.05, 0.1) is 11.5 Å². The van der Waals surface area contributed by atoms with Crippen LogP contribution in [0, 0.1) is 12.8 Å². The van der Waals surface area contributed by atoms with Gasteiger partial charge in [0.15, 0.2) is 0 Å². The highest BCUT2D eigenvalue weighted by Crippen LogP contribution is 2.26. The van der Waals surface area contributed by atoms with E-state index in [0.717, 1.165) is 13.1 Å². The van der Waals surface area contributed by atoms with Crippen LogP contribution in [0.1, 0.15) is 25.3 Å². The Labute approximate surface area is 144 Å². The summed E-state index contributed by atoms with van der Waals surface area (Å²) in [6.07, 6.45) is 0.956. The number of benzene rings is 1. The number of rotatable bonds is 2. The zero-order valence-electron chi connectivity index (χ0n) is 14.4. The molecule has 1 aromatic rings. The predicted octanol–water partition coefficient (Wildman–Crippen LogP) is 1.86. The number of para-hydroxylation sites is 1. The molecule has 0 N–H and O–H groups in total. The van der Waals surface area contributed by atoms with Crippen molar-refractivity contribution < 1.29 is 13.2 Å². The second-order valence-corrected chi connectivity index (χ2v) is 9.34. The lowest BCUT2D eigenvalue weighted by atomic mass is 9.99. The van der Waals surface area contributed by atoms with Crippen LogP contribution in [0.4, 0.5) is 5.69 Å². The molecule has 0 spiro atoms. The lowest BCUT2D eigenvalue weighted by Crippen LogP contribution is -2.56. The van der Waals surface area contributed by atoms with Gasteiger partial charge in [-0.3, -0.25) is 4.79 Å². The van der Waals surface area contributed by atoms with E-state index in [4.69, 9.17) is 0 Å². The Morgan fingerprint density at radius 1 is 1.12 bits per heavy atom. The summed E-state index contributed by atoms with van der Waals surface area (Å²) in [4.78, 5) is 17.1.